The molecule has 0 aromatic rings. The van der Waals surface area contributed by atoms with Crippen LogP contribution in [0.5, 0.6) is 0 Å². The van der Waals surface area contributed by atoms with Gasteiger partial charge in [0.2, 0.25) is 0 Å². The number of thioether (sulfide) groups is 1. The van der Waals surface area contributed by atoms with Crippen molar-refractivity contribution in [3.8, 4) is 0 Å². The zero-order chi connectivity index (χ0) is 13.0. The van der Waals surface area contributed by atoms with E-state index < -0.39 is 5.97 Å². The van der Waals surface area contributed by atoms with Crippen LogP contribution in [0.25, 0.3) is 0 Å². The summed E-state index contributed by atoms with van der Waals surface area (Å²) in [7, 11) is 0. The molecule has 0 aromatic carbocycles. The van der Waals surface area contributed by atoms with Crippen molar-refractivity contribution in [1.29, 1.82) is 0 Å². The summed E-state index contributed by atoms with van der Waals surface area (Å²) in [6.07, 6.45) is 5.68. The highest BCUT2D eigenvalue weighted by molar-refractivity contribution is 7.99. The van der Waals surface area contributed by atoms with Gasteiger partial charge in [-0.25, -0.2) is 0 Å². The van der Waals surface area contributed by atoms with Crippen molar-refractivity contribution >= 4 is 24.0 Å². The smallest absolute Gasteiger partial charge is 0.303 e. The molecule has 2 fully saturated rings. The van der Waals surface area contributed by atoms with Crippen molar-refractivity contribution < 1.29 is 19.4 Å². The van der Waals surface area contributed by atoms with Crippen LogP contribution >= 0.6 is 11.8 Å². The van der Waals surface area contributed by atoms with Gasteiger partial charge in [0.1, 0.15) is 6.29 Å². The van der Waals surface area contributed by atoms with Crippen molar-refractivity contribution in [2.45, 2.75) is 44.3 Å². The van der Waals surface area contributed by atoms with E-state index in [0.717, 1.165) is 43.5 Å². The summed E-state index contributed by atoms with van der Waals surface area (Å²) in [4.78, 5) is 21.4. The first-order valence-electron chi connectivity index (χ1n) is 6.62. The maximum absolute atomic E-state index is 11.1. The second kappa shape index (κ2) is 6.57. The van der Waals surface area contributed by atoms with Crippen LogP contribution < -0.4 is 0 Å². The quantitative estimate of drug-likeness (QED) is 0.540. The lowest BCUT2D eigenvalue weighted by Crippen LogP contribution is -2.28. The van der Waals surface area contributed by atoms with Crippen molar-refractivity contribution in [3.63, 3.8) is 0 Å². The van der Waals surface area contributed by atoms with Crippen LogP contribution in [-0.2, 0) is 14.3 Å². The van der Waals surface area contributed by atoms with E-state index in [0.29, 0.717) is 12.0 Å². The molecule has 5 heteroatoms. The fourth-order valence-electron chi connectivity index (χ4n) is 3.02. The molecule has 4 atom stereocenters. The third kappa shape index (κ3) is 3.26. The van der Waals surface area contributed by atoms with Crippen LogP contribution in [0.1, 0.15) is 32.1 Å². The van der Waals surface area contributed by atoms with E-state index in [2.05, 4.69) is 0 Å². The Bertz CT molecular complexity index is 307. The first kappa shape index (κ1) is 13.9. The lowest BCUT2D eigenvalue weighted by atomic mass is 9.79. The summed E-state index contributed by atoms with van der Waals surface area (Å²) < 4.78 is 5.78. The van der Waals surface area contributed by atoms with Gasteiger partial charge in [-0.15, -0.1) is 0 Å². The Kier molecular flexibility index (Phi) is 5.06. The van der Waals surface area contributed by atoms with Crippen molar-refractivity contribution in [2.75, 3.05) is 11.5 Å². The molecule has 4 nitrogen and oxygen atoms in total. The molecular formula is C13H20O4S. The number of hydrogen-bond acceptors (Lipinski definition) is 4. The summed E-state index contributed by atoms with van der Waals surface area (Å²) in [6.45, 7) is 0. The second-order valence-electron chi connectivity index (χ2n) is 5.07. The minimum absolute atomic E-state index is 0.100. The third-order valence-electron chi connectivity index (χ3n) is 3.92. The Balaban J connectivity index is 1.61. The van der Waals surface area contributed by atoms with Gasteiger partial charge in [0.25, 0.3) is 0 Å². The number of aliphatic carboxylic acids is 1. The van der Waals surface area contributed by atoms with Crippen molar-refractivity contribution in [1.82, 2.24) is 0 Å². The first-order valence-corrected chi connectivity index (χ1v) is 7.78. The minimum atomic E-state index is -0.724. The number of carbonyl (C=O) groups excluding carboxylic acids is 1. The number of carboxylic acid groups (broad SMARTS) is 1. The Morgan fingerprint density at radius 2 is 2.11 bits per heavy atom. The standard InChI is InChI=1S/C13H20O4S/c14-8-10-9(11-3-4-12(10)17-11)5-7-18-6-1-2-13(15)16/h8-12H,1-7H2,(H,15,16)/t9-,10+,11-,12+/m1/s1. The number of fused-ring (bicyclic) bond motifs is 2. The first-order chi connectivity index (χ1) is 8.72. The Morgan fingerprint density at radius 3 is 2.83 bits per heavy atom. The van der Waals surface area contributed by atoms with E-state index in [9.17, 15) is 9.59 Å². The molecule has 0 saturated carbocycles. The average Bonchev–Trinajstić information content (AvgIpc) is 2.93. The van der Waals surface area contributed by atoms with Crippen LogP contribution in [0.15, 0.2) is 0 Å². The maximum Gasteiger partial charge on any atom is 0.303 e. The van der Waals surface area contributed by atoms with Crippen molar-refractivity contribution in [2.24, 2.45) is 11.8 Å². The molecule has 2 aliphatic rings. The molecule has 18 heavy (non-hydrogen) atoms. The Morgan fingerprint density at radius 1 is 1.33 bits per heavy atom. The fourth-order valence-corrected chi connectivity index (χ4v) is 4.02. The molecule has 0 amide bonds. The number of aldehydes is 1. The zero-order valence-corrected chi connectivity index (χ0v) is 11.2. The molecule has 0 aromatic heterocycles. The number of carbonyl (C=O) groups is 2. The fraction of sp³-hybridized carbons (Fsp3) is 0.846. The number of rotatable bonds is 8. The summed E-state index contributed by atoms with van der Waals surface area (Å²) in [6, 6.07) is 0. The SMILES string of the molecule is O=C[C@H]1[C@@H](CCSCCCC(=O)O)[C@H]2CC[C@@H]1O2. The van der Waals surface area contributed by atoms with E-state index in [1.807, 2.05) is 0 Å². The topological polar surface area (TPSA) is 63.6 Å². The molecule has 2 saturated heterocycles. The van der Waals surface area contributed by atoms with Crippen molar-refractivity contribution in [3.05, 3.63) is 0 Å². The predicted molar refractivity (Wildman–Crippen MR) is 69.8 cm³/mol. The van der Waals surface area contributed by atoms with Crippen LogP contribution in [0.3, 0.4) is 0 Å². The van der Waals surface area contributed by atoms with Crippen LogP contribution in [0, 0.1) is 11.8 Å². The predicted octanol–water partition coefficient (Wildman–Crippen LogP) is 1.97. The highest BCUT2D eigenvalue weighted by atomic mass is 32.2. The van der Waals surface area contributed by atoms with Gasteiger partial charge in [-0.2, -0.15) is 11.8 Å². The Labute approximate surface area is 111 Å². The van der Waals surface area contributed by atoms with Gasteiger partial charge in [-0.1, -0.05) is 0 Å². The van der Waals surface area contributed by atoms with Gasteiger partial charge in [0, 0.05) is 12.3 Å². The molecule has 2 aliphatic heterocycles. The summed E-state index contributed by atoms with van der Waals surface area (Å²) in [5.74, 6) is 1.66. The molecule has 0 aliphatic carbocycles. The molecule has 1 N–H and O–H groups in total. The van der Waals surface area contributed by atoms with E-state index in [4.69, 9.17) is 9.84 Å². The Hall–Kier alpha value is -0.550. The normalized spacial score (nSPS) is 33.8. The largest absolute Gasteiger partial charge is 0.481 e. The van der Waals surface area contributed by atoms with E-state index in [-0.39, 0.29) is 18.4 Å². The van der Waals surface area contributed by atoms with Gasteiger partial charge in [0.15, 0.2) is 0 Å². The molecule has 2 heterocycles. The minimum Gasteiger partial charge on any atom is -0.481 e. The zero-order valence-electron chi connectivity index (χ0n) is 10.4. The number of carboxylic acids is 1. The van der Waals surface area contributed by atoms with E-state index in [1.54, 1.807) is 11.8 Å². The van der Waals surface area contributed by atoms with E-state index >= 15 is 0 Å². The lowest BCUT2D eigenvalue weighted by molar-refractivity contribution is -0.137. The van der Waals surface area contributed by atoms with Crippen LogP contribution in [0.2, 0.25) is 0 Å². The van der Waals surface area contributed by atoms with Gasteiger partial charge < -0.3 is 14.6 Å². The highest BCUT2D eigenvalue weighted by Crippen LogP contribution is 2.44. The molecular weight excluding hydrogens is 252 g/mol. The summed E-state index contributed by atoms with van der Waals surface area (Å²) in [5, 5.41) is 8.52. The van der Waals surface area contributed by atoms with Gasteiger partial charge in [-0.05, 0) is 43.1 Å². The molecule has 0 radical (unpaired) electrons. The molecule has 0 unspecified atom stereocenters. The van der Waals surface area contributed by atoms with Gasteiger partial charge >= 0.3 is 5.97 Å². The maximum atomic E-state index is 11.1. The van der Waals surface area contributed by atoms with Crippen LogP contribution in [-0.4, -0.2) is 41.1 Å². The molecule has 2 rings (SSSR count). The monoisotopic (exact) mass is 272 g/mol. The second-order valence-corrected chi connectivity index (χ2v) is 6.29. The average molecular weight is 272 g/mol. The molecule has 0 spiro atoms. The van der Waals surface area contributed by atoms with Gasteiger partial charge in [-0.3, -0.25) is 4.79 Å². The number of ether oxygens (including phenoxy) is 1. The molecule has 102 valence electrons. The third-order valence-corrected chi connectivity index (χ3v) is 5.02. The lowest BCUT2D eigenvalue weighted by Gasteiger charge is -2.23. The summed E-state index contributed by atoms with van der Waals surface area (Å²) in [5.41, 5.74) is 0. The van der Waals surface area contributed by atoms with Gasteiger partial charge in [0.05, 0.1) is 12.2 Å². The molecule has 2 bridgehead atoms. The summed E-state index contributed by atoms with van der Waals surface area (Å²) >= 11 is 1.79. The number of hydrogen-bond donors (Lipinski definition) is 1. The van der Waals surface area contributed by atoms with Crippen LogP contribution in [0.4, 0.5) is 0 Å². The van der Waals surface area contributed by atoms with E-state index in [1.165, 1.54) is 0 Å². The highest BCUT2D eigenvalue weighted by Gasteiger charge is 2.48.